The van der Waals surface area contributed by atoms with Crippen LogP contribution < -0.4 is 5.32 Å². The maximum absolute atomic E-state index is 3.39. The summed E-state index contributed by atoms with van der Waals surface area (Å²) < 4.78 is 0. The number of aryl methyl sites for hydroxylation is 1. The molecular weight excluding hydrogens is 255 g/mol. The molecule has 0 radical (unpaired) electrons. The van der Waals surface area contributed by atoms with Gasteiger partial charge < -0.3 is 5.32 Å². The normalized spacial score (nSPS) is 17.8. The summed E-state index contributed by atoms with van der Waals surface area (Å²) in [5, 5.41) is 3.39. The molecule has 0 bridgehead atoms. The van der Waals surface area contributed by atoms with Crippen molar-refractivity contribution in [2.45, 2.75) is 19.9 Å². The molecular formula is C13H22Cl2N2. The zero-order valence-corrected chi connectivity index (χ0v) is 12.1. The molecule has 1 atom stereocenters. The Labute approximate surface area is 117 Å². The van der Waals surface area contributed by atoms with Crippen LogP contribution in [0.3, 0.4) is 0 Å². The van der Waals surface area contributed by atoms with Crippen molar-refractivity contribution in [2.75, 3.05) is 26.2 Å². The molecule has 2 rings (SSSR count). The molecule has 1 fully saturated rings. The number of halogens is 2. The van der Waals surface area contributed by atoms with Crippen LogP contribution in [0.1, 0.15) is 24.1 Å². The average Bonchev–Trinajstić information content (AvgIpc) is 2.30. The summed E-state index contributed by atoms with van der Waals surface area (Å²) in [6.07, 6.45) is 0. The Kier molecular flexibility index (Phi) is 7.80. The third-order valence-corrected chi connectivity index (χ3v) is 3.26. The molecule has 0 aromatic heterocycles. The number of piperazine rings is 1. The average molecular weight is 277 g/mol. The van der Waals surface area contributed by atoms with Gasteiger partial charge in [-0.15, -0.1) is 24.8 Å². The number of hydrogen-bond donors (Lipinski definition) is 1. The molecule has 0 spiro atoms. The smallest absolute Gasteiger partial charge is 0.0320 e. The number of benzene rings is 1. The van der Waals surface area contributed by atoms with E-state index in [9.17, 15) is 0 Å². The molecule has 1 saturated heterocycles. The van der Waals surface area contributed by atoms with Crippen molar-refractivity contribution in [2.24, 2.45) is 0 Å². The zero-order valence-electron chi connectivity index (χ0n) is 10.5. The highest BCUT2D eigenvalue weighted by molar-refractivity contribution is 5.85. The van der Waals surface area contributed by atoms with Crippen LogP contribution in [0.15, 0.2) is 24.3 Å². The molecule has 1 aliphatic heterocycles. The molecule has 1 heterocycles. The first-order chi connectivity index (χ1) is 7.27. The van der Waals surface area contributed by atoms with Gasteiger partial charge in [-0.2, -0.15) is 0 Å². The predicted molar refractivity (Wildman–Crippen MR) is 78.5 cm³/mol. The lowest BCUT2D eigenvalue weighted by atomic mass is 10.0. The van der Waals surface area contributed by atoms with Gasteiger partial charge in [0.05, 0.1) is 0 Å². The second-order valence-corrected chi connectivity index (χ2v) is 4.37. The third kappa shape index (κ3) is 4.47. The first kappa shape index (κ1) is 16.7. The van der Waals surface area contributed by atoms with Crippen molar-refractivity contribution in [3.05, 3.63) is 35.4 Å². The molecule has 2 nitrogen and oxygen atoms in total. The van der Waals surface area contributed by atoms with Crippen LogP contribution >= 0.6 is 24.8 Å². The summed E-state index contributed by atoms with van der Waals surface area (Å²) in [4.78, 5) is 2.54. The first-order valence-electron chi connectivity index (χ1n) is 5.79. The van der Waals surface area contributed by atoms with Gasteiger partial charge in [0.15, 0.2) is 0 Å². The number of rotatable bonds is 2. The van der Waals surface area contributed by atoms with Crippen LogP contribution in [0.2, 0.25) is 0 Å². The first-order valence-corrected chi connectivity index (χ1v) is 5.79. The number of nitrogens with zero attached hydrogens (tertiary/aromatic N) is 1. The Hall–Kier alpha value is -0.280. The highest BCUT2D eigenvalue weighted by Gasteiger charge is 2.17. The molecule has 98 valence electrons. The van der Waals surface area contributed by atoms with E-state index in [1.165, 1.54) is 11.1 Å². The van der Waals surface area contributed by atoms with Crippen molar-refractivity contribution < 1.29 is 0 Å². The number of hydrogen-bond acceptors (Lipinski definition) is 2. The zero-order chi connectivity index (χ0) is 10.7. The molecule has 1 N–H and O–H groups in total. The summed E-state index contributed by atoms with van der Waals surface area (Å²) in [5.41, 5.74) is 2.77. The van der Waals surface area contributed by atoms with E-state index < -0.39 is 0 Å². The topological polar surface area (TPSA) is 15.3 Å². The van der Waals surface area contributed by atoms with Gasteiger partial charge in [0.1, 0.15) is 0 Å². The van der Waals surface area contributed by atoms with Crippen molar-refractivity contribution in [1.82, 2.24) is 10.2 Å². The van der Waals surface area contributed by atoms with Gasteiger partial charge in [-0.25, -0.2) is 0 Å². The van der Waals surface area contributed by atoms with Gasteiger partial charge in [-0.3, -0.25) is 4.90 Å². The van der Waals surface area contributed by atoms with Gasteiger partial charge in [0, 0.05) is 32.2 Å². The molecule has 0 unspecified atom stereocenters. The highest BCUT2D eigenvalue weighted by atomic mass is 35.5. The van der Waals surface area contributed by atoms with Gasteiger partial charge in [-0.05, 0) is 19.4 Å². The molecule has 1 aromatic rings. The summed E-state index contributed by atoms with van der Waals surface area (Å²) in [6.45, 7) is 9.01. The lowest BCUT2D eigenvalue weighted by Crippen LogP contribution is -2.44. The molecule has 1 aliphatic rings. The lowest BCUT2D eigenvalue weighted by Gasteiger charge is -2.33. The van der Waals surface area contributed by atoms with Crippen LogP contribution in [-0.2, 0) is 0 Å². The quantitative estimate of drug-likeness (QED) is 0.894. The summed E-state index contributed by atoms with van der Waals surface area (Å²) in [5.74, 6) is 0. The van der Waals surface area contributed by atoms with Crippen molar-refractivity contribution in [3.63, 3.8) is 0 Å². The van der Waals surface area contributed by atoms with Gasteiger partial charge in [-0.1, -0.05) is 29.8 Å². The summed E-state index contributed by atoms with van der Waals surface area (Å²) in [7, 11) is 0. The Morgan fingerprint density at radius 1 is 1.06 bits per heavy atom. The highest BCUT2D eigenvalue weighted by Crippen LogP contribution is 2.20. The Morgan fingerprint density at radius 2 is 1.59 bits per heavy atom. The van der Waals surface area contributed by atoms with E-state index in [0.717, 1.165) is 26.2 Å². The molecule has 1 aromatic carbocycles. The molecule has 0 aliphatic carbocycles. The van der Waals surface area contributed by atoms with E-state index in [4.69, 9.17) is 0 Å². The largest absolute Gasteiger partial charge is 0.314 e. The standard InChI is InChI=1S/C13H20N2.2ClH/c1-11-3-5-13(6-4-11)12(2)15-9-7-14-8-10-15;;/h3-6,12,14H,7-10H2,1-2H3;2*1H/t12-;;/m0../s1. The lowest BCUT2D eigenvalue weighted by molar-refractivity contribution is 0.185. The fourth-order valence-electron chi connectivity index (χ4n) is 2.13. The minimum Gasteiger partial charge on any atom is -0.314 e. The number of nitrogens with one attached hydrogen (secondary N) is 1. The fraction of sp³-hybridized carbons (Fsp3) is 0.538. The minimum absolute atomic E-state index is 0. The second-order valence-electron chi connectivity index (χ2n) is 4.37. The van der Waals surface area contributed by atoms with E-state index in [1.807, 2.05) is 0 Å². The predicted octanol–water partition coefficient (Wildman–Crippen LogP) is 2.80. The summed E-state index contributed by atoms with van der Waals surface area (Å²) in [6, 6.07) is 9.46. The van der Waals surface area contributed by atoms with Gasteiger partial charge in [0.25, 0.3) is 0 Å². The molecule has 0 amide bonds. The van der Waals surface area contributed by atoms with Crippen LogP contribution in [-0.4, -0.2) is 31.1 Å². The van der Waals surface area contributed by atoms with Gasteiger partial charge in [0.2, 0.25) is 0 Å². The van der Waals surface area contributed by atoms with Crippen LogP contribution in [0, 0.1) is 6.92 Å². The minimum atomic E-state index is 0. The Morgan fingerprint density at radius 3 is 2.12 bits per heavy atom. The molecule has 0 saturated carbocycles. The summed E-state index contributed by atoms with van der Waals surface area (Å²) >= 11 is 0. The van der Waals surface area contributed by atoms with Crippen molar-refractivity contribution >= 4 is 24.8 Å². The van der Waals surface area contributed by atoms with E-state index >= 15 is 0 Å². The van der Waals surface area contributed by atoms with Crippen LogP contribution in [0.25, 0.3) is 0 Å². The van der Waals surface area contributed by atoms with E-state index in [0.29, 0.717) is 6.04 Å². The van der Waals surface area contributed by atoms with Crippen molar-refractivity contribution in [1.29, 1.82) is 0 Å². The van der Waals surface area contributed by atoms with Crippen LogP contribution in [0.4, 0.5) is 0 Å². The maximum Gasteiger partial charge on any atom is 0.0320 e. The van der Waals surface area contributed by atoms with Gasteiger partial charge >= 0.3 is 0 Å². The SMILES string of the molecule is Cc1ccc([C@H](C)N2CCNCC2)cc1.Cl.Cl. The second kappa shape index (κ2) is 7.93. The Bertz CT molecular complexity index is 308. The van der Waals surface area contributed by atoms with Crippen LogP contribution in [0.5, 0.6) is 0 Å². The maximum atomic E-state index is 3.39. The van der Waals surface area contributed by atoms with E-state index in [-0.39, 0.29) is 24.8 Å². The van der Waals surface area contributed by atoms with Crippen molar-refractivity contribution in [3.8, 4) is 0 Å². The molecule has 4 heteroatoms. The van der Waals surface area contributed by atoms with E-state index in [2.05, 4.69) is 48.3 Å². The third-order valence-electron chi connectivity index (χ3n) is 3.26. The Balaban J connectivity index is 0.00000128. The molecule has 17 heavy (non-hydrogen) atoms. The monoisotopic (exact) mass is 276 g/mol. The van der Waals surface area contributed by atoms with E-state index in [1.54, 1.807) is 0 Å². The fourth-order valence-corrected chi connectivity index (χ4v) is 2.13.